The molecule has 0 amide bonds. The van der Waals surface area contributed by atoms with Crippen molar-refractivity contribution < 1.29 is 4.39 Å². The molecule has 0 fully saturated rings. The van der Waals surface area contributed by atoms with Gasteiger partial charge in [-0.15, -0.1) is 0 Å². The van der Waals surface area contributed by atoms with Crippen LogP contribution in [0.1, 0.15) is 11.1 Å². The minimum atomic E-state index is -0.330. The molecule has 2 heterocycles. The molecule has 0 spiro atoms. The number of hydrogen-bond donors (Lipinski definition) is 0. The highest BCUT2D eigenvalue weighted by Crippen LogP contribution is 2.25. The molecule has 0 atom stereocenters. The van der Waals surface area contributed by atoms with Crippen LogP contribution in [-0.4, -0.2) is 16.0 Å². The fourth-order valence-electron chi connectivity index (χ4n) is 2.78. The first kappa shape index (κ1) is 14.5. The first-order valence-electron chi connectivity index (χ1n) is 7.67. The van der Waals surface area contributed by atoms with Gasteiger partial charge in [0.1, 0.15) is 5.82 Å². The van der Waals surface area contributed by atoms with E-state index in [0.29, 0.717) is 17.8 Å². The molecule has 0 saturated carbocycles. The van der Waals surface area contributed by atoms with Crippen molar-refractivity contribution in [3.8, 4) is 11.3 Å². The van der Waals surface area contributed by atoms with Crippen molar-refractivity contribution in [3.63, 3.8) is 0 Å². The second-order valence-corrected chi connectivity index (χ2v) is 5.70. The molecule has 118 valence electrons. The lowest BCUT2D eigenvalue weighted by atomic mass is 10.1. The van der Waals surface area contributed by atoms with Gasteiger partial charge in [0.05, 0.1) is 17.9 Å². The Morgan fingerprint density at radius 1 is 1.08 bits per heavy atom. The molecule has 5 heteroatoms. The fraction of sp³-hybridized carbons (Fsp3) is 0.105. The summed E-state index contributed by atoms with van der Waals surface area (Å²) in [4.78, 5) is 16.4. The van der Waals surface area contributed by atoms with Crippen LogP contribution >= 0.6 is 0 Å². The van der Waals surface area contributed by atoms with Crippen molar-refractivity contribution in [2.75, 3.05) is 0 Å². The summed E-state index contributed by atoms with van der Waals surface area (Å²) in [5.74, 6) is -0.330. The summed E-state index contributed by atoms with van der Waals surface area (Å²) in [6, 6.07) is 15.2. The Kier molecular flexibility index (Phi) is 3.54. The third-order valence-corrected chi connectivity index (χ3v) is 4.01. The second-order valence-electron chi connectivity index (χ2n) is 5.70. The van der Waals surface area contributed by atoms with E-state index < -0.39 is 0 Å². The molecular formula is C19H14FN3O. The molecule has 0 unspecified atom stereocenters. The Labute approximate surface area is 137 Å². The van der Waals surface area contributed by atoms with Gasteiger partial charge in [-0.25, -0.2) is 9.07 Å². The molecule has 2 aromatic carbocycles. The van der Waals surface area contributed by atoms with Gasteiger partial charge in [0, 0.05) is 24.3 Å². The first-order chi connectivity index (χ1) is 11.7. The Morgan fingerprint density at radius 2 is 2.00 bits per heavy atom. The lowest BCUT2D eigenvalue weighted by Gasteiger charge is -2.08. The Bertz CT molecular complexity index is 1010. The van der Waals surface area contributed by atoms with E-state index in [1.807, 2.05) is 24.4 Å². The molecule has 1 aliphatic rings. The number of nitrogens with zero attached hydrogens (tertiary/aromatic N) is 3. The number of benzene rings is 2. The summed E-state index contributed by atoms with van der Waals surface area (Å²) >= 11 is 0. The quantitative estimate of drug-likeness (QED) is 0.743. The number of aromatic nitrogens is 2. The van der Waals surface area contributed by atoms with Crippen molar-refractivity contribution >= 4 is 11.9 Å². The summed E-state index contributed by atoms with van der Waals surface area (Å²) in [5, 5.41) is 4.37. The van der Waals surface area contributed by atoms with Crippen LogP contribution in [0, 0.1) is 5.82 Å². The highest BCUT2D eigenvalue weighted by Gasteiger charge is 2.09. The summed E-state index contributed by atoms with van der Waals surface area (Å²) in [5.41, 5.74) is 4.10. The SMILES string of the molecule is O=c1ccc(-c2cccc(F)c2)nn1Cc1ccc2c(c1)N=CC2. The molecule has 4 nitrogen and oxygen atoms in total. The van der Waals surface area contributed by atoms with Crippen LogP contribution in [0.5, 0.6) is 0 Å². The topological polar surface area (TPSA) is 47.2 Å². The van der Waals surface area contributed by atoms with Crippen molar-refractivity contribution in [2.45, 2.75) is 13.0 Å². The monoisotopic (exact) mass is 319 g/mol. The average Bonchev–Trinajstić information content (AvgIpc) is 3.04. The second kappa shape index (κ2) is 5.85. The van der Waals surface area contributed by atoms with E-state index in [-0.39, 0.29) is 11.4 Å². The third kappa shape index (κ3) is 2.76. The van der Waals surface area contributed by atoms with Gasteiger partial charge in [0.25, 0.3) is 5.56 Å². The van der Waals surface area contributed by atoms with Crippen LogP contribution in [0.2, 0.25) is 0 Å². The summed E-state index contributed by atoms with van der Waals surface area (Å²) in [7, 11) is 0. The highest BCUT2D eigenvalue weighted by molar-refractivity contribution is 5.75. The summed E-state index contributed by atoms with van der Waals surface area (Å²) in [6.45, 7) is 0.352. The normalized spacial score (nSPS) is 12.4. The maximum absolute atomic E-state index is 13.4. The van der Waals surface area contributed by atoms with Gasteiger partial charge in [-0.05, 0) is 35.4 Å². The van der Waals surface area contributed by atoms with E-state index in [1.165, 1.54) is 28.4 Å². The van der Waals surface area contributed by atoms with Gasteiger partial charge < -0.3 is 0 Å². The standard InChI is InChI=1S/C19H14FN3O/c20-16-3-1-2-15(11-16)17-6-7-19(24)23(22-17)12-13-4-5-14-8-9-21-18(14)10-13/h1-7,9-11H,8,12H2. The van der Waals surface area contributed by atoms with Crippen molar-refractivity contribution in [1.82, 2.24) is 9.78 Å². The molecule has 3 aromatic rings. The van der Waals surface area contributed by atoms with Crippen LogP contribution in [0.15, 0.2) is 64.4 Å². The summed E-state index contributed by atoms with van der Waals surface area (Å²) < 4.78 is 14.8. The molecular weight excluding hydrogens is 305 g/mol. The summed E-state index contributed by atoms with van der Waals surface area (Å²) in [6.07, 6.45) is 2.73. The average molecular weight is 319 g/mol. The first-order valence-corrected chi connectivity index (χ1v) is 7.67. The van der Waals surface area contributed by atoms with E-state index >= 15 is 0 Å². The number of aliphatic imine (C=N–C) groups is 1. The molecule has 0 saturated heterocycles. The fourth-order valence-corrected chi connectivity index (χ4v) is 2.78. The van der Waals surface area contributed by atoms with Crippen LogP contribution in [0.3, 0.4) is 0 Å². The smallest absolute Gasteiger partial charge is 0.267 e. The Balaban J connectivity index is 1.69. The van der Waals surface area contributed by atoms with Gasteiger partial charge in [-0.1, -0.05) is 24.3 Å². The lowest BCUT2D eigenvalue weighted by Crippen LogP contribution is -2.22. The molecule has 0 radical (unpaired) electrons. The zero-order chi connectivity index (χ0) is 16.5. The van der Waals surface area contributed by atoms with E-state index in [4.69, 9.17) is 0 Å². The van der Waals surface area contributed by atoms with Gasteiger partial charge in [0.2, 0.25) is 0 Å². The van der Waals surface area contributed by atoms with Crippen molar-refractivity contribution in [2.24, 2.45) is 4.99 Å². The van der Waals surface area contributed by atoms with Crippen LogP contribution in [0.4, 0.5) is 10.1 Å². The largest absolute Gasteiger partial charge is 0.268 e. The van der Waals surface area contributed by atoms with Crippen molar-refractivity contribution in [1.29, 1.82) is 0 Å². The molecule has 4 rings (SSSR count). The minimum absolute atomic E-state index is 0.195. The molecule has 24 heavy (non-hydrogen) atoms. The van der Waals surface area contributed by atoms with E-state index in [1.54, 1.807) is 18.2 Å². The molecule has 0 N–H and O–H groups in total. The van der Waals surface area contributed by atoms with E-state index in [0.717, 1.165) is 17.7 Å². The minimum Gasteiger partial charge on any atom is -0.268 e. The third-order valence-electron chi connectivity index (χ3n) is 4.01. The molecule has 1 aliphatic heterocycles. The maximum atomic E-state index is 13.4. The van der Waals surface area contributed by atoms with Gasteiger partial charge >= 0.3 is 0 Å². The maximum Gasteiger partial charge on any atom is 0.267 e. The lowest BCUT2D eigenvalue weighted by molar-refractivity contribution is 0.626. The molecule has 0 aliphatic carbocycles. The van der Waals surface area contributed by atoms with Gasteiger partial charge in [-0.3, -0.25) is 9.79 Å². The van der Waals surface area contributed by atoms with E-state index in [9.17, 15) is 9.18 Å². The Morgan fingerprint density at radius 3 is 2.88 bits per heavy atom. The predicted octanol–water partition coefficient (Wildman–Crippen LogP) is 3.36. The molecule has 0 bridgehead atoms. The highest BCUT2D eigenvalue weighted by atomic mass is 19.1. The van der Waals surface area contributed by atoms with Gasteiger partial charge in [0.15, 0.2) is 0 Å². The number of hydrogen-bond acceptors (Lipinski definition) is 3. The van der Waals surface area contributed by atoms with Crippen molar-refractivity contribution in [3.05, 3.63) is 81.9 Å². The molecule has 1 aromatic heterocycles. The zero-order valence-corrected chi connectivity index (χ0v) is 12.8. The number of fused-ring (bicyclic) bond motifs is 1. The predicted molar refractivity (Wildman–Crippen MR) is 91.3 cm³/mol. The Hall–Kier alpha value is -3.08. The van der Waals surface area contributed by atoms with E-state index in [2.05, 4.69) is 10.1 Å². The van der Waals surface area contributed by atoms with Gasteiger partial charge in [-0.2, -0.15) is 5.10 Å². The van der Waals surface area contributed by atoms with Crippen LogP contribution in [0.25, 0.3) is 11.3 Å². The number of rotatable bonds is 3. The number of halogens is 1. The van der Waals surface area contributed by atoms with Crippen LogP contribution in [-0.2, 0) is 13.0 Å². The van der Waals surface area contributed by atoms with Crippen LogP contribution < -0.4 is 5.56 Å². The zero-order valence-electron chi connectivity index (χ0n) is 12.8.